The predicted octanol–water partition coefficient (Wildman–Crippen LogP) is 2.52. The lowest BCUT2D eigenvalue weighted by Crippen LogP contribution is -2.37. The summed E-state index contributed by atoms with van der Waals surface area (Å²) in [5.74, 6) is 0. The molecule has 4 nitrogen and oxygen atoms in total. The quantitative estimate of drug-likeness (QED) is 0.580. The summed E-state index contributed by atoms with van der Waals surface area (Å²) in [6.07, 6.45) is 3.38. The molecule has 0 aliphatic heterocycles. The minimum absolute atomic E-state index is 0.153. The maximum Gasteiger partial charge on any atom is 0.329 e. The van der Waals surface area contributed by atoms with Crippen molar-refractivity contribution in [3.8, 4) is 0 Å². The molecule has 5 heteroatoms. The molecule has 0 saturated heterocycles. The van der Waals surface area contributed by atoms with Gasteiger partial charge in [-0.05, 0) is 19.3 Å². The fourth-order valence-electron chi connectivity index (χ4n) is 2.28. The second-order valence-corrected chi connectivity index (χ2v) is 6.28. The Morgan fingerprint density at radius 1 is 1.19 bits per heavy atom. The topological polar surface area (TPSA) is 77.8 Å². The van der Waals surface area contributed by atoms with Crippen LogP contribution in [0, 0.1) is 5.41 Å². The molecule has 0 aromatic rings. The first-order valence-corrected chi connectivity index (χ1v) is 7.72. The molecule has 0 heterocycles. The number of unbranched alkanes of at least 4 members (excludes halogenated alkanes) is 1. The molecule has 0 bridgehead atoms. The highest BCUT2D eigenvalue weighted by Gasteiger charge is 2.44. The Labute approximate surface area is 98.2 Å². The summed E-state index contributed by atoms with van der Waals surface area (Å²) in [6.45, 7) is 5.61. The fourth-order valence-corrected chi connectivity index (χ4v) is 3.96. The highest BCUT2D eigenvalue weighted by atomic mass is 31.2. The third kappa shape index (κ3) is 3.85. The molecule has 0 spiro atoms. The summed E-state index contributed by atoms with van der Waals surface area (Å²) in [6, 6.07) is 0. The van der Waals surface area contributed by atoms with Gasteiger partial charge in [0.25, 0.3) is 0 Å². The Morgan fingerprint density at radius 3 is 1.94 bits per heavy atom. The molecular weight excluding hydrogens is 227 g/mol. The van der Waals surface area contributed by atoms with E-state index in [1.165, 1.54) is 0 Å². The Hall–Kier alpha value is 0.110. The molecule has 16 heavy (non-hydrogen) atoms. The van der Waals surface area contributed by atoms with Gasteiger partial charge in [0, 0.05) is 12.0 Å². The average molecular weight is 252 g/mol. The summed E-state index contributed by atoms with van der Waals surface area (Å²) in [7, 11) is -4.14. The van der Waals surface area contributed by atoms with Crippen molar-refractivity contribution >= 4 is 7.60 Å². The number of aliphatic hydroxyl groups is 1. The molecule has 0 aromatic heterocycles. The lowest BCUT2D eigenvalue weighted by Gasteiger charge is -2.38. The second kappa shape index (κ2) is 6.75. The third-order valence-corrected chi connectivity index (χ3v) is 5.29. The maximum absolute atomic E-state index is 11.5. The molecule has 0 aliphatic carbocycles. The van der Waals surface area contributed by atoms with E-state index in [2.05, 4.69) is 0 Å². The maximum atomic E-state index is 11.5. The highest BCUT2D eigenvalue weighted by molar-refractivity contribution is 7.52. The molecular formula is C11H25O4P. The standard InChI is InChI=1S/C11H25O4P/c1-4-7-8-10(16(13,14)15)11(5-2,6-3)9-12/h10,12H,4-9H2,1-3H3,(H2,13,14,15). The van der Waals surface area contributed by atoms with Crippen LogP contribution >= 0.6 is 7.60 Å². The summed E-state index contributed by atoms with van der Waals surface area (Å²) in [4.78, 5) is 18.9. The van der Waals surface area contributed by atoms with Crippen molar-refractivity contribution in [2.75, 3.05) is 6.61 Å². The van der Waals surface area contributed by atoms with E-state index >= 15 is 0 Å². The lowest BCUT2D eigenvalue weighted by molar-refractivity contribution is 0.0959. The van der Waals surface area contributed by atoms with Crippen molar-refractivity contribution in [3.05, 3.63) is 0 Å². The number of hydrogen-bond acceptors (Lipinski definition) is 2. The van der Waals surface area contributed by atoms with Crippen LogP contribution in [0.1, 0.15) is 52.9 Å². The molecule has 0 radical (unpaired) electrons. The first kappa shape index (κ1) is 16.1. The fraction of sp³-hybridized carbons (Fsp3) is 1.00. The summed E-state index contributed by atoms with van der Waals surface area (Å²) in [5, 5.41) is 9.47. The minimum Gasteiger partial charge on any atom is -0.396 e. The van der Waals surface area contributed by atoms with Gasteiger partial charge >= 0.3 is 7.60 Å². The van der Waals surface area contributed by atoms with E-state index < -0.39 is 18.7 Å². The van der Waals surface area contributed by atoms with E-state index in [4.69, 9.17) is 0 Å². The molecule has 0 fully saturated rings. The van der Waals surface area contributed by atoms with Crippen LogP contribution in [0.15, 0.2) is 0 Å². The van der Waals surface area contributed by atoms with E-state index in [1.54, 1.807) is 0 Å². The molecule has 1 unspecified atom stereocenters. The molecule has 1 atom stereocenters. The van der Waals surface area contributed by atoms with Crippen LogP contribution in [0.25, 0.3) is 0 Å². The van der Waals surface area contributed by atoms with Crippen molar-refractivity contribution in [2.24, 2.45) is 5.41 Å². The van der Waals surface area contributed by atoms with Crippen LogP contribution < -0.4 is 0 Å². The number of hydrogen-bond donors (Lipinski definition) is 3. The van der Waals surface area contributed by atoms with Crippen molar-refractivity contribution < 1.29 is 19.5 Å². The largest absolute Gasteiger partial charge is 0.396 e. The third-order valence-electron chi connectivity index (χ3n) is 3.67. The van der Waals surface area contributed by atoms with Gasteiger partial charge in [-0.25, -0.2) is 0 Å². The van der Waals surface area contributed by atoms with Crippen LogP contribution in [-0.4, -0.2) is 27.2 Å². The normalized spacial score (nSPS) is 15.1. The van der Waals surface area contributed by atoms with Crippen molar-refractivity contribution in [1.29, 1.82) is 0 Å². The average Bonchev–Trinajstić information content (AvgIpc) is 2.23. The summed E-state index contributed by atoms with van der Waals surface area (Å²) in [5.41, 5.74) is -1.34. The van der Waals surface area contributed by atoms with E-state index in [0.29, 0.717) is 19.3 Å². The molecule has 0 saturated carbocycles. The van der Waals surface area contributed by atoms with Gasteiger partial charge in [-0.3, -0.25) is 4.57 Å². The van der Waals surface area contributed by atoms with Gasteiger partial charge in [0.05, 0.1) is 5.66 Å². The van der Waals surface area contributed by atoms with Crippen molar-refractivity contribution in [3.63, 3.8) is 0 Å². The zero-order valence-corrected chi connectivity index (χ0v) is 11.4. The Bertz CT molecular complexity index is 224. The van der Waals surface area contributed by atoms with Gasteiger partial charge in [-0.1, -0.05) is 33.6 Å². The van der Waals surface area contributed by atoms with Crippen LogP contribution in [0.3, 0.4) is 0 Å². The molecule has 0 rings (SSSR count). The van der Waals surface area contributed by atoms with Gasteiger partial charge in [-0.15, -0.1) is 0 Å². The molecule has 0 amide bonds. The number of aliphatic hydroxyl groups excluding tert-OH is 1. The summed E-state index contributed by atoms with van der Waals surface area (Å²) >= 11 is 0. The smallest absolute Gasteiger partial charge is 0.329 e. The van der Waals surface area contributed by atoms with Gasteiger partial charge in [0.15, 0.2) is 0 Å². The highest BCUT2D eigenvalue weighted by Crippen LogP contribution is 2.54. The van der Waals surface area contributed by atoms with Crippen LogP contribution in [0.5, 0.6) is 0 Å². The Balaban J connectivity index is 5.04. The van der Waals surface area contributed by atoms with Gasteiger partial charge in [0.2, 0.25) is 0 Å². The van der Waals surface area contributed by atoms with Crippen LogP contribution in [-0.2, 0) is 4.57 Å². The molecule has 0 aliphatic rings. The predicted molar refractivity (Wildman–Crippen MR) is 65.5 cm³/mol. The van der Waals surface area contributed by atoms with Crippen LogP contribution in [0.4, 0.5) is 0 Å². The van der Waals surface area contributed by atoms with Gasteiger partial charge < -0.3 is 14.9 Å². The first-order chi connectivity index (χ1) is 7.37. The van der Waals surface area contributed by atoms with Gasteiger partial charge in [0.1, 0.15) is 0 Å². The first-order valence-electron chi connectivity index (χ1n) is 6.04. The Morgan fingerprint density at radius 2 is 1.69 bits per heavy atom. The molecule has 98 valence electrons. The van der Waals surface area contributed by atoms with Crippen molar-refractivity contribution in [1.82, 2.24) is 0 Å². The Kier molecular flexibility index (Phi) is 6.80. The monoisotopic (exact) mass is 252 g/mol. The summed E-state index contributed by atoms with van der Waals surface area (Å²) < 4.78 is 11.5. The zero-order valence-electron chi connectivity index (χ0n) is 10.5. The SMILES string of the molecule is CCCCC(C(CC)(CC)CO)P(=O)(O)O. The lowest BCUT2D eigenvalue weighted by atomic mass is 9.78. The van der Waals surface area contributed by atoms with Crippen molar-refractivity contribution in [2.45, 2.75) is 58.5 Å². The van der Waals surface area contributed by atoms with E-state index in [1.807, 2.05) is 20.8 Å². The van der Waals surface area contributed by atoms with E-state index in [0.717, 1.165) is 12.8 Å². The van der Waals surface area contributed by atoms with E-state index in [-0.39, 0.29) is 6.61 Å². The molecule has 3 N–H and O–H groups in total. The second-order valence-electron chi connectivity index (χ2n) is 4.47. The van der Waals surface area contributed by atoms with Crippen LogP contribution in [0.2, 0.25) is 0 Å². The number of rotatable bonds is 8. The molecule has 0 aromatic carbocycles. The van der Waals surface area contributed by atoms with E-state index in [9.17, 15) is 19.5 Å². The van der Waals surface area contributed by atoms with Gasteiger partial charge in [-0.2, -0.15) is 0 Å². The minimum atomic E-state index is -4.14. The zero-order chi connectivity index (χ0) is 12.8.